The molecule has 0 atom stereocenters. The van der Waals surface area contributed by atoms with E-state index in [9.17, 15) is 26.4 Å². The van der Waals surface area contributed by atoms with Gasteiger partial charge >= 0.3 is 6.18 Å². The SMILES string of the molecule is N#Cc1ccc(S(=O)(=O)N2CCC(C(=O)Nc3n[nH]c(C(F)(F)F)n3)CC2)cc1. The number of alkyl halides is 3. The van der Waals surface area contributed by atoms with Crippen molar-refractivity contribution in [2.75, 3.05) is 18.4 Å². The zero-order valence-electron chi connectivity index (χ0n) is 14.8. The molecule has 2 aromatic rings. The molecule has 1 aliphatic rings. The normalized spacial score (nSPS) is 16.3. The minimum absolute atomic E-state index is 0.0415. The molecule has 9 nitrogen and oxygen atoms in total. The minimum Gasteiger partial charge on any atom is -0.293 e. The first kappa shape index (κ1) is 20.7. The van der Waals surface area contributed by atoms with E-state index >= 15 is 0 Å². The number of H-pyrrole nitrogens is 1. The van der Waals surface area contributed by atoms with Gasteiger partial charge in [-0.25, -0.2) is 8.42 Å². The number of carbonyl (C=O) groups excluding carboxylic acids is 1. The quantitative estimate of drug-likeness (QED) is 0.762. The first-order valence-corrected chi connectivity index (χ1v) is 9.86. The lowest BCUT2D eigenvalue weighted by Crippen LogP contribution is -2.41. The molecule has 1 aliphatic heterocycles. The highest BCUT2D eigenvalue weighted by Crippen LogP contribution is 2.27. The Hall–Kier alpha value is -2.98. The highest BCUT2D eigenvalue weighted by Gasteiger charge is 2.36. The van der Waals surface area contributed by atoms with Crippen LogP contribution in [0.5, 0.6) is 0 Å². The number of sulfonamides is 1. The molecule has 0 spiro atoms. The second kappa shape index (κ2) is 7.80. The van der Waals surface area contributed by atoms with Crippen molar-refractivity contribution in [3.8, 4) is 6.07 Å². The van der Waals surface area contributed by atoms with Crippen molar-refractivity contribution < 1.29 is 26.4 Å². The van der Waals surface area contributed by atoms with Crippen molar-refractivity contribution in [2.45, 2.75) is 23.9 Å². The van der Waals surface area contributed by atoms with Crippen molar-refractivity contribution in [3.05, 3.63) is 35.7 Å². The molecule has 1 saturated heterocycles. The summed E-state index contributed by atoms with van der Waals surface area (Å²) in [6.45, 7) is 0.143. The number of carbonyl (C=O) groups is 1. The van der Waals surface area contributed by atoms with Crippen molar-refractivity contribution in [2.24, 2.45) is 5.92 Å². The maximum atomic E-state index is 12.7. The summed E-state index contributed by atoms with van der Waals surface area (Å²) in [4.78, 5) is 15.5. The van der Waals surface area contributed by atoms with Crippen LogP contribution in [0.1, 0.15) is 24.2 Å². The van der Waals surface area contributed by atoms with Gasteiger partial charge in [0.1, 0.15) is 0 Å². The van der Waals surface area contributed by atoms with Gasteiger partial charge < -0.3 is 0 Å². The van der Waals surface area contributed by atoms with Gasteiger partial charge in [0.2, 0.25) is 27.7 Å². The Morgan fingerprint density at radius 2 is 1.86 bits per heavy atom. The van der Waals surface area contributed by atoms with E-state index < -0.39 is 39.8 Å². The predicted molar refractivity (Wildman–Crippen MR) is 92.7 cm³/mol. The summed E-state index contributed by atoms with van der Waals surface area (Å²) < 4.78 is 64.1. The van der Waals surface area contributed by atoms with E-state index in [2.05, 4.69) is 15.4 Å². The largest absolute Gasteiger partial charge is 0.451 e. The van der Waals surface area contributed by atoms with Gasteiger partial charge in [-0.1, -0.05) is 0 Å². The summed E-state index contributed by atoms with van der Waals surface area (Å²) >= 11 is 0. The molecule has 2 N–H and O–H groups in total. The van der Waals surface area contributed by atoms with E-state index in [1.165, 1.54) is 28.6 Å². The number of rotatable bonds is 4. The average molecular weight is 428 g/mol. The topological polar surface area (TPSA) is 132 Å². The lowest BCUT2D eigenvalue weighted by molar-refractivity contribution is -0.144. The van der Waals surface area contributed by atoms with Gasteiger partial charge in [-0.3, -0.25) is 15.2 Å². The first-order chi connectivity index (χ1) is 13.6. The number of nitrogens with one attached hydrogen (secondary N) is 2. The van der Waals surface area contributed by atoms with Crippen LogP contribution in [0.15, 0.2) is 29.2 Å². The van der Waals surface area contributed by atoms with Crippen LogP contribution in [-0.2, 0) is 21.0 Å². The Kier molecular flexibility index (Phi) is 5.58. The summed E-state index contributed by atoms with van der Waals surface area (Å²) in [6.07, 6.45) is -4.32. The third kappa shape index (κ3) is 4.54. The third-order valence-corrected chi connectivity index (χ3v) is 6.35. The summed E-state index contributed by atoms with van der Waals surface area (Å²) in [5.41, 5.74) is 0.333. The zero-order chi connectivity index (χ0) is 21.2. The monoisotopic (exact) mass is 428 g/mol. The molecule has 1 aromatic carbocycles. The lowest BCUT2D eigenvalue weighted by Gasteiger charge is -2.30. The fourth-order valence-corrected chi connectivity index (χ4v) is 4.34. The Labute approximate surface area is 163 Å². The molecule has 2 heterocycles. The molecular weight excluding hydrogens is 413 g/mol. The number of piperidine rings is 1. The van der Waals surface area contributed by atoms with Crippen LogP contribution in [0.25, 0.3) is 0 Å². The van der Waals surface area contributed by atoms with E-state index in [0.29, 0.717) is 5.56 Å². The van der Waals surface area contributed by atoms with E-state index in [4.69, 9.17) is 5.26 Å². The van der Waals surface area contributed by atoms with Crippen LogP contribution in [0, 0.1) is 17.2 Å². The molecule has 0 aliphatic carbocycles. The summed E-state index contributed by atoms with van der Waals surface area (Å²) in [7, 11) is -3.77. The Bertz CT molecular complexity index is 1040. The highest BCUT2D eigenvalue weighted by atomic mass is 32.2. The van der Waals surface area contributed by atoms with Gasteiger partial charge in [0, 0.05) is 19.0 Å². The molecule has 3 rings (SSSR count). The number of nitrogens with zero attached hydrogens (tertiary/aromatic N) is 4. The maximum absolute atomic E-state index is 12.7. The van der Waals surface area contributed by atoms with Crippen LogP contribution >= 0.6 is 0 Å². The van der Waals surface area contributed by atoms with Crippen molar-refractivity contribution in [1.82, 2.24) is 19.5 Å². The molecule has 0 bridgehead atoms. The summed E-state index contributed by atoms with van der Waals surface area (Å²) in [5, 5.41) is 16.0. The Morgan fingerprint density at radius 3 is 2.38 bits per heavy atom. The van der Waals surface area contributed by atoms with Crippen molar-refractivity contribution in [1.29, 1.82) is 5.26 Å². The van der Waals surface area contributed by atoms with Crippen molar-refractivity contribution >= 4 is 21.9 Å². The number of aromatic amines is 1. The number of halogens is 3. The van der Waals surface area contributed by atoms with Crippen LogP contribution in [0.4, 0.5) is 19.1 Å². The molecule has 13 heteroatoms. The fourth-order valence-electron chi connectivity index (χ4n) is 2.87. The molecule has 0 saturated carbocycles. The number of hydrogen-bond acceptors (Lipinski definition) is 6. The Morgan fingerprint density at radius 1 is 1.24 bits per heavy atom. The van der Waals surface area contributed by atoms with Crippen LogP contribution in [-0.4, -0.2) is 46.9 Å². The number of anilines is 1. The number of benzene rings is 1. The van der Waals surface area contributed by atoms with Gasteiger partial charge in [-0.2, -0.15) is 27.7 Å². The first-order valence-electron chi connectivity index (χ1n) is 8.42. The van der Waals surface area contributed by atoms with Gasteiger partial charge in [-0.05, 0) is 37.1 Å². The van der Waals surface area contributed by atoms with Crippen LogP contribution in [0.3, 0.4) is 0 Å². The van der Waals surface area contributed by atoms with Crippen LogP contribution < -0.4 is 5.32 Å². The van der Waals surface area contributed by atoms with Gasteiger partial charge in [0.05, 0.1) is 16.5 Å². The second-order valence-corrected chi connectivity index (χ2v) is 8.25. The molecule has 0 unspecified atom stereocenters. The highest BCUT2D eigenvalue weighted by molar-refractivity contribution is 7.89. The number of nitriles is 1. The smallest absolute Gasteiger partial charge is 0.293 e. The predicted octanol–water partition coefficient (Wildman–Crippen LogP) is 1.73. The van der Waals surface area contributed by atoms with Gasteiger partial charge in [-0.15, -0.1) is 5.10 Å². The molecule has 0 radical (unpaired) electrons. The van der Waals surface area contributed by atoms with Gasteiger partial charge in [0.25, 0.3) is 0 Å². The lowest BCUT2D eigenvalue weighted by atomic mass is 9.97. The number of amides is 1. The van der Waals surface area contributed by atoms with Crippen molar-refractivity contribution in [3.63, 3.8) is 0 Å². The van der Waals surface area contributed by atoms with E-state index in [1.54, 1.807) is 5.10 Å². The maximum Gasteiger partial charge on any atom is 0.451 e. The summed E-state index contributed by atoms with van der Waals surface area (Å²) in [6, 6.07) is 7.39. The zero-order valence-corrected chi connectivity index (χ0v) is 15.6. The van der Waals surface area contributed by atoms with E-state index in [1.807, 2.05) is 6.07 Å². The Balaban J connectivity index is 1.60. The van der Waals surface area contributed by atoms with Crippen LogP contribution in [0.2, 0.25) is 0 Å². The minimum atomic E-state index is -4.71. The molecule has 1 fully saturated rings. The van der Waals surface area contributed by atoms with E-state index in [0.717, 1.165) is 0 Å². The number of hydrogen-bond donors (Lipinski definition) is 2. The molecule has 154 valence electrons. The molecule has 29 heavy (non-hydrogen) atoms. The standard InChI is InChI=1S/C16H15F3N6O3S/c17-16(18,19)14-22-15(24-23-14)21-13(26)11-5-7-25(8-6-11)29(27,28)12-3-1-10(9-20)2-4-12/h1-4,11H,5-8H2,(H2,21,22,23,24,26). The van der Waals surface area contributed by atoms with E-state index in [-0.39, 0.29) is 30.8 Å². The molecule has 1 aromatic heterocycles. The number of aromatic nitrogens is 3. The van der Waals surface area contributed by atoms with Gasteiger partial charge in [0.15, 0.2) is 0 Å². The third-order valence-electron chi connectivity index (χ3n) is 4.43. The molecule has 1 amide bonds. The second-order valence-electron chi connectivity index (χ2n) is 6.31. The summed E-state index contributed by atoms with van der Waals surface area (Å²) in [5.74, 6) is -2.98. The average Bonchev–Trinajstić information content (AvgIpc) is 3.17. The fraction of sp³-hybridized carbons (Fsp3) is 0.375. The molecular formula is C16H15F3N6O3S.